The van der Waals surface area contributed by atoms with E-state index in [1.54, 1.807) is 88.7 Å². The summed E-state index contributed by atoms with van der Waals surface area (Å²) < 4.78 is 66.5. The second-order valence-corrected chi connectivity index (χ2v) is 34.4. The van der Waals surface area contributed by atoms with E-state index in [-0.39, 0.29) is 130 Å². The molecule has 24 nitrogen and oxygen atoms in total. The lowest BCUT2D eigenvalue weighted by atomic mass is 9.95. The molecule has 0 saturated carbocycles. The first-order valence-corrected chi connectivity index (χ1v) is 43.9. The van der Waals surface area contributed by atoms with Gasteiger partial charge in [-0.15, -0.1) is 69.1 Å². The van der Waals surface area contributed by atoms with Crippen LogP contribution in [0, 0.1) is 10.1 Å². The Morgan fingerprint density at radius 2 is 0.714 bits per heavy atom. The number of halogens is 4. The van der Waals surface area contributed by atoms with Crippen molar-refractivity contribution in [2.45, 2.75) is 43.8 Å². The molecule has 0 radical (unpaired) electrons. The molecule has 4 aliphatic rings. The van der Waals surface area contributed by atoms with Crippen molar-refractivity contribution in [1.82, 2.24) is 0 Å². The second kappa shape index (κ2) is 34.3. The summed E-state index contributed by atoms with van der Waals surface area (Å²) in [5.41, 5.74) is 6.63. The standard InChI is InChI=1S/C48H39Cl2N2O8PS.C39H28Cl2N3O11PS/c1-30(53)59-41-22-39-45(37-18-10-8-16-35(37)41)33(24-49)26-51(39)47(54)43-20-21-44(62-43)48(55)52-27-34(25-50)46-38-19-11-9-17-36(38)42(23-40(46)52)60-61(56,57-28-31-12-4-2-5-13-31)58-29-32-14-6-3-7-15-32;40-17-21-19-42(29-15-31(25-5-1-3-7-27(25)35(21)29)54-39(47)53-24-11-9-23(10-12-24)44(48)49)37(45)33-13-14-34(57-33)38(46)43-20-22(18-41)36-28-8-4-2-6-26(28)32(16-30(36)43)55-56(50,51)52/h2-23,33-34H,24-29H2,1H3;1-16,21-22H,17-20H2,(H2,50,51,52)/t33-,34-;21-,22-/m11/s1. The molecular weight excluding hydrogens is 1690 g/mol. The Balaban J connectivity index is 0.000000178. The lowest BCUT2D eigenvalue weighted by Crippen LogP contribution is -2.30. The summed E-state index contributed by atoms with van der Waals surface area (Å²) in [6.45, 7) is 2.23. The average Bonchev–Trinajstić information content (AvgIpc) is 1.59. The van der Waals surface area contributed by atoms with Crippen LogP contribution in [0.5, 0.6) is 28.7 Å². The highest BCUT2D eigenvalue weighted by Gasteiger charge is 2.43. The van der Waals surface area contributed by atoms with Gasteiger partial charge in [-0.1, -0.05) is 158 Å². The Bertz CT molecular complexity index is 6290. The number of rotatable bonds is 22. The molecule has 2 aromatic heterocycles. The van der Waals surface area contributed by atoms with Gasteiger partial charge in [-0.05, 0) is 91.3 Å². The molecule has 2 N–H and O–H groups in total. The van der Waals surface area contributed by atoms with E-state index in [0.29, 0.717) is 71.7 Å². The Hall–Kier alpha value is -11.1. The molecule has 4 atom stereocenters. The molecule has 0 saturated heterocycles. The number of hydrogen-bond donors (Lipinski definition) is 2. The second-order valence-electron chi connectivity index (χ2n) is 28.2. The summed E-state index contributed by atoms with van der Waals surface area (Å²) in [6.07, 6.45) is -1.10. The van der Waals surface area contributed by atoms with Crippen LogP contribution in [0.15, 0.2) is 231 Å². The highest BCUT2D eigenvalue weighted by atomic mass is 35.5. The van der Waals surface area contributed by atoms with E-state index in [1.807, 2.05) is 121 Å². The van der Waals surface area contributed by atoms with Crippen LogP contribution in [0.25, 0.3) is 43.1 Å². The molecular formula is C87H67Cl4N5O19P2S2. The molecule has 32 heteroatoms. The fourth-order valence-corrected chi connectivity index (χ4v) is 20.1. The van der Waals surface area contributed by atoms with Crippen LogP contribution in [0.1, 0.15) is 103 Å². The van der Waals surface area contributed by atoms with Crippen molar-refractivity contribution in [3.05, 3.63) is 294 Å². The lowest BCUT2D eigenvalue weighted by Gasteiger charge is -2.22. The van der Waals surface area contributed by atoms with E-state index >= 15 is 0 Å². The fraction of sp³-hybridized carbons (Fsp3) is 0.172. The molecule has 11 aromatic carbocycles. The van der Waals surface area contributed by atoms with E-state index < -0.39 is 44.5 Å². The molecule has 604 valence electrons. The minimum absolute atomic E-state index is 0.0250. The van der Waals surface area contributed by atoms with Gasteiger partial charge in [-0.25, -0.2) is 13.9 Å². The number of fused-ring (bicyclic) bond motifs is 12. The number of nitrogens with zero attached hydrogens (tertiary/aromatic N) is 5. The highest BCUT2D eigenvalue weighted by molar-refractivity contribution is 7.49. The van der Waals surface area contributed by atoms with Crippen LogP contribution in [0.3, 0.4) is 0 Å². The molecule has 17 rings (SSSR count). The third-order valence-electron chi connectivity index (χ3n) is 20.9. The maximum Gasteiger partial charge on any atom is 0.530 e. The van der Waals surface area contributed by atoms with Gasteiger partial charge in [-0.2, -0.15) is 0 Å². The molecule has 4 amide bonds. The Morgan fingerprint density at radius 3 is 1.03 bits per heavy atom. The Morgan fingerprint density at radius 1 is 0.412 bits per heavy atom. The summed E-state index contributed by atoms with van der Waals surface area (Å²) in [7, 11) is -9.26. The van der Waals surface area contributed by atoms with Gasteiger partial charge in [0.15, 0.2) is 0 Å². The van der Waals surface area contributed by atoms with Gasteiger partial charge >= 0.3 is 27.8 Å². The van der Waals surface area contributed by atoms with Crippen LogP contribution in [-0.2, 0) is 36.2 Å². The number of nitro benzene ring substituents is 1. The fourth-order valence-electron chi connectivity index (χ4n) is 15.7. The number of esters is 1. The van der Waals surface area contributed by atoms with Gasteiger partial charge in [0.05, 0.1) is 60.4 Å². The van der Waals surface area contributed by atoms with Crippen molar-refractivity contribution >= 4 is 192 Å². The molecule has 13 aromatic rings. The van der Waals surface area contributed by atoms with Crippen LogP contribution < -0.4 is 42.9 Å². The van der Waals surface area contributed by atoms with Gasteiger partial charge in [0.25, 0.3) is 29.3 Å². The Labute approximate surface area is 707 Å². The molecule has 0 aliphatic carbocycles. The third kappa shape index (κ3) is 16.5. The maximum atomic E-state index is 14.6. The van der Waals surface area contributed by atoms with Gasteiger partial charge in [0.1, 0.15) is 28.7 Å². The van der Waals surface area contributed by atoms with Gasteiger partial charge in [0.2, 0.25) is 0 Å². The molecule has 0 bridgehead atoms. The maximum absolute atomic E-state index is 14.6. The number of hydrogen-bond acceptors (Lipinski definition) is 19. The lowest BCUT2D eigenvalue weighted by molar-refractivity contribution is -0.384. The first-order valence-electron chi connectivity index (χ1n) is 37.2. The van der Waals surface area contributed by atoms with Crippen molar-refractivity contribution in [3.8, 4) is 28.7 Å². The zero-order chi connectivity index (χ0) is 83.1. The van der Waals surface area contributed by atoms with Crippen molar-refractivity contribution in [2.75, 3.05) is 69.3 Å². The number of phosphoric acid groups is 2. The summed E-state index contributed by atoms with van der Waals surface area (Å²) in [5.74, 6) is -1.55. The first kappa shape index (κ1) is 81.7. The minimum Gasteiger partial charge on any atom is -0.426 e. The van der Waals surface area contributed by atoms with Gasteiger partial charge < -0.3 is 42.9 Å². The minimum atomic E-state index is -4.96. The van der Waals surface area contributed by atoms with Crippen LogP contribution >= 0.6 is 84.7 Å². The number of ether oxygens (including phenoxy) is 3. The summed E-state index contributed by atoms with van der Waals surface area (Å²) in [4.78, 5) is 120. The zero-order valence-electron chi connectivity index (χ0n) is 62.6. The number of carbonyl (C=O) groups excluding carboxylic acids is 6. The molecule has 0 fully saturated rings. The van der Waals surface area contributed by atoms with Crippen molar-refractivity contribution in [3.63, 3.8) is 0 Å². The number of alkyl halides is 4. The summed E-state index contributed by atoms with van der Waals surface area (Å²) in [5, 5.41) is 16.4. The third-order valence-corrected chi connectivity index (χ3v) is 26.2. The predicted octanol–water partition coefficient (Wildman–Crippen LogP) is 20.8. The molecule has 0 spiro atoms. The first-order chi connectivity index (χ1) is 57.5. The normalized spacial score (nSPS) is 15.9. The molecule has 6 heterocycles. The predicted molar refractivity (Wildman–Crippen MR) is 459 cm³/mol. The van der Waals surface area contributed by atoms with E-state index in [4.69, 9.17) is 78.7 Å². The molecule has 4 aliphatic heterocycles. The number of anilines is 4. The summed E-state index contributed by atoms with van der Waals surface area (Å²) >= 11 is 28.1. The number of nitro groups is 1. The van der Waals surface area contributed by atoms with E-state index in [0.717, 1.165) is 72.2 Å². The largest absolute Gasteiger partial charge is 0.530 e. The number of non-ortho nitro benzene ring substituents is 1. The summed E-state index contributed by atoms with van der Waals surface area (Å²) in [6, 6.07) is 65.6. The number of amides is 4. The number of carbonyl (C=O) groups is 6. The van der Waals surface area contributed by atoms with Crippen LogP contribution in [0.2, 0.25) is 0 Å². The van der Waals surface area contributed by atoms with E-state index in [1.165, 1.54) is 47.1 Å². The number of benzene rings is 11. The van der Waals surface area contributed by atoms with Crippen LogP contribution in [0.4, 0.5) is 33.2 Å². The number of phosphoric ester groups is 2. The average molecular weight is 1750 g/mol. The SMILES string of the molecule is CC(=O)Oc1cc2c(c3ccccc13)[C@H](CCl)CN2C(=O)c1ccc(C(=O)N2C[C@@H](CCl)c3c2cc(OP(=O)(OCc2ccccc2)OCc2ccccc2)c2ccccc32)s1.O=C(Oc1ccc([N+](=O)[O-])cc1)Oc1cc2c(c3ccccc13)[C@H](CCl)CN2C(=O)c1ccc(C(=O)N2C[C@@H](CCl)c3c2cc(OP(=O)(O)O)c2ccccc32)s1. The topological polar surface area (TPSA) is 298 Å². The van der Waals surface area contributed by atoms with Crippen molar-refractivity contribution in [2.24, 2.45) is 0 Å². The van der Waals surface area contributed by atoms with Crippen molar-refractivity contribution < 1.29 is 84.9 Å². The highest BCUT2D eigenvalue weighted by Crippen LogP contribution is 2.57. The smallest absolute Gasteiger partial charge is 0.426 e. The van der Waals surface area contributed by atoms with Gasteiger partial charge in [0, 0.05) is 138 Å². The number of thiophene rings is 2. The van der Waals surface area contributed by atoms with E-state index in [9.17, 15) is 57.8 Å². The van der Waals surface area contributed by atoms with E-state index in [2.05, 4.69) is 0 Å². The van der Waals surface area contributed by atoms with Crippen LogP contribution in [-0.4, -0.2) is 100 Å². The molecule has 0 unspecified atom stereocenters. The quantitative estimate of drug-likeness (QED) is 0.0121. The van der Waals surface area contributed by atoms with Crippen molar-refractivity contribution in [1.29, 1.82) is 0 Å². The Kier molecular flexibility index (Phi) is 23.6. The zero-order valence-corrected chi connectivity index (χ0v) is 69.1. The van der Waals surface area contributed by atoms with Gasteiger partial charge in [-0.3, -0.25) is 52.9 Å². The molecule has 119 heavy (non-hydrogen) atoms. The monoisotopic (exact) mass is 1750 g/mol.